The van der Waals surface area contributed by atoms with Crippen molar-refractivity contribution in [2.45, 2.75) is 19.8 Å². The molecule has 0 spiro atoms. The van der Waals surface area contributed by atoms with E-state index in [4.69, 9.17) is 19.9 Å². The molecule has 0 aliphatic carbocycles. The second-order valence-corrected chi connectivity index (χ2v) is 5.08. The zero-order valence-corrected chi connectivity index (χ0v) is 13.2. The predicted molar refractivity (Wildman–Crippen MR) is 88.8 cm³/mol. The number of hydrogen-bond donors (Lipinski definition) is 1. The Kier molecular flexibility index (Phi) is 5.95. The van der Waals surface area contributed by atoms with Gasteiger partial charge in [-0.25, -0.2) is 0 Å². The summed E-state index contributed by atoms with van der Waals surface area (Å²) in [5.74, 6) is 2.39. The molecule has 2 rings (SSSR count). The van der Waals surface area contributed by atoms with Crippen LogP contribution < -0.4 is 19.9 Å². The first kappa shape index (κ1) is 16.0. The van der Waals surface area contributed by atoms with Crippen molar-refractivity contribution in [3.05, 3.63) is 48.0 Å². The van der Waals surface area contributed by atoms with E-state index < -0.39 is 0 Å². The molecule has 118 valence electrons. The maximum atomic E-state index is 5.76. The summed E-state index contributed by atoms with van der Waals surface area (Å²) in [6.07, 6.45) is 1.84. The van der Waals surface area contributed by atoms with Gasteiger partial charge in [-0.2, -0.15) is 0 Å². The molecule has 0 aliphatic rings. The number of anilines is 1. The molecule has 0 fully saturated rings. The van der Waals surface area contributed by atoms with Crippen molar-refractivity contribution in [3.63, 3.8) is 0 Å². The van der Waals surface area contributed by atoms with Gasteiger partial charge < -0.3 is 19.9 Å². The topological polar surface area (TPSA) is 53.7 Å². The van der Waals surface area contributed by atoms with Crippen LogP contribution in [0.4, 0.5) is 5.69 Å². The number of ether oxygens (including phenoxy) is 3. The zero-order chi connectivity index (χ0) is 15.8. The largest absolute Gasteiger partial charge is 0.493 e. The Morgan fingerprint density at radius 2 is 1.50 bits per heavy atom. The number of rotatable bonds is 8. The number of methoxy groups -OCH3 is 1. The van der Waals surface area contributed by atoms with Crippen molar-refractivity contribution in [2.75, 3.05) is 26.1 Å². The first-order valence-electron chi connectivity index (χ1n) is 7.45. The average Bonchev–Trinajstić information content (AvgIpc) is 2.54. The van der Waals surface area contributed by atoms with E-state index in [-0.39, 0.29) is 0 Å². The lowest BCUT2D eigenvalue weighted by Crippen LogP contribution is -2.04. The highest BCUT2D eigenvalue weighted by Gasteiger charge is 2.03. The lowest BCUT2D eigenvalue weighted by atomic mass is 10.2. The summed E-state index contributed by atoms with van der Waals surface area (Å²) in [7, 11) is 1.64. The van der Waals surface area contributed by atoms with Gasteiger partial charge in [-0.15, -0.1) is 0 Å². The van der Waals surface area contributed by atoms with Crippen molar-refractivity contribution in [1.29, 1.82) is 0 Å². The summed E-state index contributed by atoms with van der Waals surface area (Å²) >= 11 is 0. The summed E-state index contributed by atoms with van der Waals surface area (Å²) in [6, 6.07) is 13.4. The maximum absolute atomic E-state index is 5.76. The summed E-state index contributed by atoms with van der Waals surface area (Å²) in [6.45, 7) is 3.30. The monoisotopic (exact) mass is 301 g/mol. The molecule has 4 nitrogen and oxygen atoms in total. The Labute approximate surface area is 131 Å². The molecule has 0 bridgehead atoms. The van der Waals surface area contributed by atoms with Gasteiger partial charge in [0.15, 0.2) is 11.5 Å². The number of hydrogen-bond acceptors (Lipinski definition) is 4. The molecular formula is C18H23NO3. The van der Waals surface area contributed by atoms with Crippen molar-refractivity contribution >= 4 is 5.69 Å². The van der Waals surface area contributed by atoms with E-state index in [9.17, 15) is 0 Å². The van der Waals surface area contributed by atoms with E-state index in [1.54, 1.807) is 7.11 Å². The summed E-state index contributed by atoms with van der Waals surface area (Å²) < 4.78 is 16.7. The van der Waals surface area contributed by atoms with Crippen LogP contribution in [0.2, 0.25) is 0 Å². The third-order valence-electron chi connectivity index (χ3n) is 3.34. The molecule has 2 aromatic rings. The smallest absolute Gasteiger partial charge is 0.161 e. The Bertz CT molecular complexity index is 599. The van der Waals surface area contributed by atoms with Gasteiger partial charge in [0.2, 0.25) is 0 Å². The number of benzene rings is 2. The lowest BCUT2D eigenvalue weighted by Gasteiger charge is -2.11. The van der Waals surface area contributed by atoms with E-state index in [2.05, 4.69) is 0 Å². The molecule has 0 saturated carbocycles. The van der Waals surface area contributed by atoms with Crippen molar-refractivity contribution in [1.82, 2.24) is 0 Å². The molecule has 0 heterocycles. The molecule has 4 heteroatoms. The quantitative estimate of drug-likeness (QED) is 0.595. The standard InChI is InChI=1S/C18H23NO3/c1-14-9-10-15(19)13-18(14)22-12-6-5-11-21-17-8-4-3-7-16(17)20-2/h3-4,7-10,13H,5-6,11-12,19H2,1-2H3. The SMILES string of the molecule is COc1ccccc1OCCCCOc1cc(N)ccc1C. The summed E-state index contributed by atoms with van der Waals surface area (Å²) in [5, 5.41) is 0. The molecule has 0 aromatic heterocycles. The van der Waals surface area contributed by atoms with Gasteiger partial charge in [-0.3, -0.25) is 0 Å². The van der Waals surface area contributed by atoms with Gasteiger partial charge in [0.05, 0.1) is 20.3 Å². The molecular weight excluding hydrogens is 278 g/mol. The van der Waals surface area contributed by atoms with Gasteiger partial charge in [0.1, 0.15) is 5.75 Å². The number of para-hydroxylation sites is 2. The molecule has 2 N–H and O–H groups in total. The molecule has 22 heavy (non-hydrogen) atoms. The lowest BCUT2D eigenvalue weighted by molar-refractivity contribution is 0.258. The molecule has 0 radical (unpaired) electrons. The molecule has 0 saturated heterocycles. The van der Waals surface area contributed by atoms with Gasteiger partial charge in [-0.1, -0.05) is 18.2 Å². The van der Waals surface area contributed by atoms with Gasteiger partial charge in [0, 0.05) is 11.8 Å². The Morgan fingerprint density at radius 3 is 2.18 bits per heavy atom. The molecule has 0 amide bonds. The van der Waals surface area contributed by atoms with Crippen LogP contribution in [0.15, 0.2) is 42.5 Å². The second-order valence-electron chi connectivity index (χ2n) is 5.08. The van der Waals surface area contributed by atoms with Crippen LogP contribution >= 0.6 is 0 Å². The fourth-order valence-electron chi connectivity index (χ4n) is 2.08. The van der Waals surface area contributed by atoms with Crippen LogP contribution in [0.3, 0.4) is 0 Å². The molecule has 0 atom stereocenters. The molecule has 0 unspecified atom stereocenters. The van der Waals surface area contributed by atoms with Gasteiger partial charge >= 0.3 is 0 Å². The first-order valence-corrected chi connectivity index (χ1v) is 7.45. The minimum absolute atomic E-state index is 0.639. The highest BCUT2D eigenvalue weighted by molar-refractivity contribution is 5.47. The number of nitrogen functional groups attached to an aromatic ring is 1. The van der Waals surface area contributed by atoms with Crippen molar-refractivity contribution < 1.29 is 14.2 Å². The van der Waals surface area contributed by atoms with E-state index in [0.717, 1.165) is 41.3 Å². The summed E-state index contributed by atoms with van der Waals surface area (Å²) in [4.78, 5) is 0. The highest BCUT2D eigenvalue weighted by atomic mass is 16.5. The minimum atomic E-state index is 0.639. The predicted octanol–water partition coefficient (Wildman–Crippen LogP) is 3.82. The van der Waals surface area contributed by atoms with Crippen LogP contribution in [0.5, 0.6) is 17.2 Å². The molecule has 2 aromatic carbocycles. The Balaban J connectivity index is 1.68. The van der Waals surface area contributed by atoms with Crippen LogP contribution in [0.25, 0.3) is 0 Å². The number of nitrogens with two attached hydrogens (primary N) is 1. The van der Waals surface area contributed by atoms with E-state index >= 15 is 0 Å². The third kappa shape index (κ3) is 4.58. The highest BCUT2D eigenvalue weighted by Crippen LogP contribution is 2.26. The van der Waals surface area contributed by atoms with Crippen LogP contribution in [-0.2, 0) is 0 Å². The third-order valence-corrected chi connectivity index (χ3v) is 3.34. The van der Waals surface area contributed by atoms with Gasteiger partial charge in [0.25, 0.3) is 0 Å². The first-order chi connectivity index (χ1) is 10.7. The van der Waals surface area contributed by atoms with Crippen molar-refractivity contribution in [3.8, 4) is 17.2 Å². The van der Waals surface area contributed by atoms with Crippen LogP contribution in [0, 0.1) is 6.92 Å². The van der Waals surface area contributed by atoms with Crippen molar-refractivity contribution in [2.24, 2.45) is 0 Å². The summed E-state index contributed by atoms with van der Waals surface area (Å²) in [5.41, 5.74) is 7.58. The number of aryl methyl sites for hydroxylation is 1. The molecule has 0 aliphatic heterocycles. The normalized spacial score (nSPS) is 10.3. The van der Waals surface area contributed by atoms with E-state index in [1.807, 2.05) is 49.4 Å². The Morgan fingerprint density at radius 1 is 0.864 bits per heavy atom. The average molecular weight is 301 g/mol. The van der Waals surface area contributed by atoms with E-state index in [1.165, 1.54) is 0 Å². The van der Waals surface area contributed by atoms with Crippen LogP contribution in [-0.4, -0.2) is 20.3 Å². The fourth-order valence-corrected chi connectivity index (χ4v) is 2.08. The fraction of sp³-hybridized carbons (Fsp3) is 0.333. The zero-order valence-electron chi connectivity index (χ0n) is 13.2. The second kappa shape index (κ2) is 8.17. The van der Waals surface area contributed by atoms with Crippen LogP contribution in [0.1, 0.15) is 18.4 Å². The maximum Gasteiger partial charge on any atom is 0.161 e. The van der Waals surface area contributed by atoms with Gasteiger partial charge in [-0.05, 0) is 43.5 Å². The van der Waals surface area contributed by atoms with E-state index in [0.29, 0.717) is 13.2 Å². The Hall–Kier alpha value is -2.36. The minimum Gasteiger partial charge on any atom is -0.493 e. The number of unbranched alkanes of at least 4 members (excludes halogenated alkanes) is 1.